The van der Waals surface area contributed by atoms with Crippen LogP contribution in [0.15, 0.2) is 42.9 Å². The largest absolute Gasteiger partial charge is 0.482 e. The van der Waals surface area contributed by atoms with E-state index < -0.39 is 0 Å². The molecule has 0 amide bonds. The van der Waals surface area contributed by atoms with Crippen LogP contribution in [-0.2, 0) is 0 Å². The van der Waals surface area contributed by atoms with Crippen molar-refractivity contribution >= 4 is 0 Å². The van der Waals surface area contributed by atoms with Gasteiger partial charge in [0, 0.05) is 18.6 Å². The van der Waals surface area contributed by atoms with Crippen LogP contribution in [-0.4, -0.2) is 22.3 Å². The zero-order chi connectivity index (χ0) is 9.36. The van der Waals surface area contributed by atoms with Crippen LogP contribution in [0.25, 0.3) is 0 Å². The number of hydrogen-bond donors (Lipinski definition) is 1. The molecule has 68 valence electrons. The van der Waals surface area contributed by atoms with Gasteiger partial charge in [-0.15, -0.1) is 0 Å². The van der Waals surface area contributed by atoms with E-state index in [1.807, 2.05) is 30.5 Å². The highest BCUT2D eigenvalue weighted by Gasteiger charge is 1.81. The summed E-state index contributed by atoms with van der Waals surface area (Å²) in [5.74, 6) is 0.806. The van der Waals surface area contributed by atoms with E-state index in [1.165, 1.54) is 0 Å². The van der Waals surface area contributed by atoms with Gasteiger partial charge in [-0.3, -0.25) is 0 Å². The van der Waals surface area contributed by atoms with Gasteiger partial charge in [-0.2, -0.15) is 10.2 Å². The molecule has 4 heteroatoms. The van der Waals surface area contributed by atoms with E-state index in [0.29, 0.717) is 0 Å². The molecule has 2 rings (SSSR count). The van der Waals surface area contributed by atoms with Crippen LogP contribution in [0.5, 0.6) is 5.88 Å². The van der Waals surface area contributed by atoms with Gasteiger partial charge < -0.3 is 9.72 Å². The maximum absolute atomic E-state index is 4.80. The van der Waals surface area contributed by atoms with E-state index in [9.17, 15) is 0 Å². The average Bonchev–Trinajstić information content (AvgIpc) is 2.74. The van der Waals surface area contributed by atoms with Crippen molar-refractivity contribution in [1.82, 2.24) is 15.2 Å². The van der Waals surface area contributed by atoms with Crippen molar-refractivity contribution in [3.63, 3.8) is 0 Å². The van der Waals surface area contributed by atoms with Crippen LogP contribution in [0.3, 0.4) is 0 Å². The van der Waals surface area contributed by atoms with Gasteiger partial charge >= 0.3 is 0 Å². The Hall–Kier alpha value is -1.84. The minimum atomic E-state index is 0.806. The number of aromatic nitrogens is 3. The number of ether oxygens (including phenoxy) is 1. The lowest BCUT2D eigenvalue weighted by atomic mass is 10.6. The Morgan fingerprint density at radius 2 is 1.85 bits per heavy atom. The van der Waals surface area contributed by atoms with Crippen molar-refractivity contribution in [2.45, 2.75) is 0 Å². The Balaban J connectivity index is 0.000000132. The third kappa shape index (κ3) is 3.91. The van der Waals surface area contributed by atoms with Crippen molar-refractivity contribution in [3.05, 3.63) is 42.9 Å². The highest BCUT2D eigenvalue weighted by Crippen LogP contribution is 2.00. The average molecular weight is 177 g/mol. The molecule has 0 saturated heterocycles. The Bertz CT molecular complexity index is 267. The third-order valence-electron chi connectivity index (χ3n) is 1.27. The molecule has 0 atom stereocenters. The molecule has 0 aliphatic rings. The summed E-state index contributed by atoms with van der Waals surface area (Å²) in [6.07, 6.45) is 5.10. The lowest BCUT2D eigenvalue weighted by Crippen LogP contribution is -1.78. The molecule has 1 N–H and O–H groups in total. The lowest BCUT2D eigenvalue weighted by molar-refractivity contribution is 0.400. The molecule has 0 fully saturated rings. The van der Waals surface area contributed by atoms with E-state index >= 15 is 0 Å². The van der Waals surface area contributed by atoms with Crippen molar-refractivity contribution < 1.29 is 4.74 Å². The number of aromatic amines is 1. The van der Waals surface area contributed by atoms with Gasteiger partial charge in [0.05, 0.1) is 7.11 Å². The Morgan fingerprint density at radius 1 is 1.15 bits per heavy atom. The second-order valence-electron chi connectivity index (χ2n) is 2.15. The summed E-state index contributed by atoms with van der Waals surface area (Å²) >= 11 is 0. The van der Waals surface area contributed by atoms with E-state index in [-0.39, 0.29) is 0 Å². The molecular weight excluding hydrogens is 166 g/mol. The van der Waals surface area contributed by atoms with Crippen molar-refractivity contribution in [2.75, 3.05) is 7.11 Å². The van der Waals surface area contributed by atoms with Crippen molar-refractivity contribution in [3.8, 4) is 5.88 Å². The zero-order valence-corrected chi connectivity index (χ0v) is 7.34. The second-order valence-corrected chi connectivity index (χ2v) is 2.15. The van der Waals surface area contributed by atoms with Crippen LogP contribution in [0.2, 0.25) is 0 Å². The first-order valence-corrected chi connectivity index (χ1v) is 3.82. The number of nitrogens with zero attached hydrogens (tertiary/aromatic N) is 2. The molecule has 2 aromatic rings. The second kappa shape index (κ2) is 5.77. The van der Waals surface area contributed by atoms with Gasteiger partial charge in [-0.25, -0.2) is 0 Å². The van der Waals surface area contributed by atoms with Crippen LogP contribution in [0.4, 0.5) is 0 Å². The minimum Gasteiger partial charge on any atom is -0.482 e. The first-order valence-electron chi connectivity index (χ1n) is 3.82. The van der Waals surface area contributed by atoms with Gasteiger partial charge in [-0.1, -0.05) is 0 Å². The summed E-state index contributed by atoms with van der Waals surface area (Å²) in [5.41, 5.74) is 0. The topological polar surface area (TPSA) is 50.8 Å². The summed E-state index contributed by atoms with van der Waals surface area (Å²) in [5, 5.41) is 7.07. The molecule has 0 aromatic carbocycles. The standard InChI is InChI=1S/C5H7NO.C4H4N2/c1-7-5-3-2-4-6-5;1-2-4-6-5-3-1/h2-4,6H,1H3;1-4H. The van der Waals surface area contributed by atoms with Crippen LogP contribution >= 0.6 is 0 Å². The monoisotopic (exact) mass is 177 g/mol. The highest BCUT2D eigenvalue weighted by molar-refractivity contribution is 5.08. The molecule has 4 nitrogen and oxygen atoms in total. The Morgan fingerprint density at radius 3 is 2.08 bits per heavy atom. The summed E-state index contributed by atoms with van der Waals surface area (Å²) < 4.78 is 4.80. The number of nitrogens with one attached hydrogen (secondary N) is 1. The van der Waals surface area contributed by atoms with Gasteiger partial charge in [0.25, 0.3) is 0 Å². The summed E-state index contributed by atoms with van der Waals surface area (Å²) in [4.78, 5) is 2.86. The highest BCUT2D eigenvalue weighted by atomic mass is 16.5. The smallest absolute Gasteiger partial charge is 0.190 e. The van der Waals surface area contributed by atoms with Crippen LogP contribution < -0.4 is 4.74 Å². The number of rotatable bonds is 1. The molecular formula is C9H11N3O. The predicted octanol–water partition coefficient (Wildman–Crippen LogP) is 1.50. The summed E-state index contributed by atoms with van der Waals surface area (Å²) in [6, 6.07) is 7.40. The molecule has 0 aliphatic carbocycles. The fourth-order valence-corrected chi connectivity index (χ4v) is 0.694. The minimum absolute atomic E-state index is 0.806. The van der Waals surface area contributed by atoms with Gasteiger partial charge in [-0.05, 0) is 24.3 Å². The lowest BCUT2D eigenvalue weighted by Gasteiger charge is -1.87. The first kappa shape index (κ1) is 9.25. The third-order valence-corrected chi connectivity index (χ3v) is 1.27. The van der Waals surface area contributed by atoms with E-state index in [0.717, 1.165) is 5.88 Å². The molecule has 0 bridgehead atoms. The van der Waals surface area contributed by atoms with Gasteiger partial charge in [0.15, 0.2) is 5.88 Å². The van der Waals surface area contributed by atoms with E-state index in [4.69, 9.17) is 4.74 Å². The molecule has 0 saturated carbocycles. The fourth-order valence-electron chi connectivity index (χ4n) is 0.694. The summed E-state index contributed by atoms with van der Waals surface area (Å²) in [6.45, 7) is 0. The van der Waals surface area contributed by atoms with E-state index in [2.05, 4.69) is 15.2 Å². The molecule has 13 heavy (non-hydrogen) atoms. The molecule has 0 radical (unpaired) electrons. The van der Waals surface area contributed by atoms with Crippen molar-refractivity contribution in [1.29, 1.82) is 0 Å². The molecule has 2 aromatic heterocycles. The Labute approximate surface area is 76.6 Å². The summed E-state index contributed by atoms with van der Waals surface area (Å²) in [7, 11) is 1.63. The number of methoxy groups -OCH3 is 1. The van der Waals surface area contributed by atoms with Gasteiger partial charge in [0.1, 0.15) is 0 Å². The molecule has 2 heterocycles. The molecule has 0 aliphatic heterocycles. The number of H-pyrrole nitrogens is 1. The molecule has 0 unspecified atom stereocenters. The van der Waals surface area contributed by atoms with E-state index in [1.54, 1.807) is 19.5 Å². The van der Waals surface area contributed by atoms with Gasteiger partial charge in [0.2, 0.25) is 0 Å². The first-order chi connectivity index (χ1) is 6.43. The fraction of sp³-hybridized carbons (Fsp3) is 0.111. The molecule has 0 spiro atoms. The Kier molecular flexibility index (Phi) is 4.10. The van der Waals surface area contributed by atoms with Crippen LogP contribution in [0.1, 0.15) is 0 Å². The quantitative estimate of drug-likeness (QED) is 0.718. The predicted molar refractivity (Wildman–Crippen MR) is 49.4 cm³/mol. The maximum atomic E-state index is 4.80. The SMILES string of the molecule is COc1ccc[nH]1.c1ccnnc1. The normalized spacial score (nSPS) is 8.38. The van der Waals surface area contributed by atoms with Crippen LogP contribution in [0, 0.1) is 0 Å². The zero-order valence-electron chi connectivity index (χ0n) is 7.34. The maximum Gasteiger partial charge on any atom is 0.190 e. The number of hydrogen-bond acceptors (Lipinski definition) is 3. The van der Waals surface area contributed by atoms with Crippen molar-refractivity contribution in [2.24, 2.45) is 0 Å².